The molecule has 0 aromatic rings. The van der Waals surface area contributed by atoms with Gasteiger partial charge in [0.1, 0.15) is 0 Å². The van der Waals surface area contributed by atoms with E-state index in [2.05, 4.69) is 12.2 Å². The summed E-state index contributed by atoms with van der Waals surface area (Å²) in [4.78, 5) is 0. The number of nitrogens with one attached hydrogen (secondary N) is 1. The van der Waals surface area contributed by atoms with Crippen molar-refractivity contribution in [1.29, 1.82) is 0 Å². The van der Waals surface area contributed by atoms with E-state index in [1.165, 1.54) is 25.7 Å². The average molecular weight is 213 g/mol. The van der Waals surface area contributed by atoms with Gasteiger partial charge in [-0.1, -0.05) is 19.8 Å². The van der Waals surface area contributed by atoms with Gasteiger partial charge < -0.3 is 14.8 Å². The number of hydrogen-bond donors (Lipinski definition) is 1. The molecule has 2 aliphatic rings. The quantitative estimate of drug-likeness (QED) is 0.772. The first-order valence-corrected chi connectivity index (χ1v) is 6.27. The summed E-state index contributed by atoms with van der Waals surface area (Å²) in [7, 11) is 0. The normalized spacial score (nSPS) is 37.8. The monoisotopic (exact) mass is 213 g/mol. The molecule has 1 saturated carbocycles. The van der Waals surface area contributed by atoms with Crippen LogP contribution in [0.4, 0.5) is 0 Å². The van der Waals surface area contributed by atoms with E-state index in [1.807, 2.05) is 0 Å². The molecule has 15 heavy (non-hydrogen) atoms. The molecule has 1 N–H and O–H groups in total. The molecule has 0 radical (unpaired) electrons. The van der Waals surface area contributed by atoms with Crippen molar-refractivity contribution < 1.29 is 9.47 Å². The molecule has 1 heterocycles. The maximum Gasteiger partial charge on any atom is 0.0933 e. The molecule has 3 unspecified atom stereocenters. The van der Waals surface area contributed by atoms with E-state index in [9.17, 15) is 0 Å². The summed E-state index contributed by atoms with van der Waals surface area (Å²) in [5, 5.41) is 3.62. The predicted octanol–water partition coefficient (Wildman–Crippen LogP) is 1.57. The van der Waals surface area contributed by atoms with Crippen molar-refractivity contribution >= 4 is 0 Å². The van der Waals surface area contributed by atoms with Gasteiger partial charge in [-0.3, -0.25) is 0 Å². The minimum absolute atomic E-state index is 0.274. The smallest absolute Gasteiger partial charge is 0.0933 e. The van der Waals surface area contributed by atoms with E-state index in [0.717, 1.165) is 32.3 Å². The highest BCUT2D eigenvalue weighted by Gasteiger charge is 2.20. The third-order valence-corrected chi connectivity index (χ3v) is 3.46. The summed E-state index contributed by atoms with van der Waals surface area (Å²) in [6.07, 6.45) is 5.71. The molecule has 2 rings (SSSR count). The zero-order valence-corrected chi connectivity index (χ0v) is 9.71. The van der Waals surface area contributed by atoms with Crippen LogP contribution in [0, 0.1) is 5.92 Å². The van der Waals surface area contributed by atoms with Crippen LogP contribution < -0.4 is 5.32 Å². The third-order valence-electron chi connectivity index (χ3n) is 3.46. The van der Waals surface area contributed by atoms with Crippen molar-refractivity contribution in [2.24, 2.45) is 5.92 Å². The third kappa shape index (κ3) is 3.74. The molecule has 0 spiro atoms. The number of hydrogen-bond acceptors (Lipinski definition) is 3. The van der Waals surface area contributed by atoms with Gasteiger partial charge in [0.05, 0.1) is 25.9 Å². The predicted molar refractivity (Wildman–Crippen MR) is 60.0 cm³/mol. The molecule has 3 nitrogen and oxygen atoms in total. The largest absolute Gasteiger partial charge is 0.376 e. The number of ether oxygens (including phenoxy) is 2. The Morgan fingerprint density at radius 2 is 2.20 bits per heavy atom. The van der Waals surface area contributed by atoms with E-state index in [0.29, 0.717) is 6.04 Å². The van der Waals surface area contributed by atoms with Gasteiger partial charge in [0.2, 0.25) is 0 Å². The molecule has 1 aliphatic carbocycles. The molecule has 3 heteroatoms. The van der Waals surface area contributed by atoms with Crippen molar-refractivity contribution in [3.8, 4) is 0 Å². The lowest BCUT2D eigenvalue weighted by atomic mass is 9.87. The Morgan fingerprint density at radius 3 is 2.93 bits per heavy atom. The SMILES string of the molecule is CC1CCCC(NCC2COCCO2)C1. The highest BCUT2D eigenvalue weighted by Crippen LogP contribution is 2.23. The second kappa shape index (κ2) is 5.83. The van der Waals surface area contributed by atoms with Crippen LogP contribution in [0.1, 0.15) is 32.6 Å². The first kappa shape index (κ1) is 11.4. The van der Waals surface area contributed by atoms with Gasteiger partial charge in [-0.25, -0.2) is 0 Å². The Morgan fingerprint density at radius 1 is 1.27 bits per heavy atom. The summed E-state index contributed by atoms with van der Waals surface area (Å²) in [6, 6.07) is 0.708. The molecule has 0 aromatic heterocycles. The van der Waals surface area contributed by atoms with E-state index in [-0.39, 0.29) is 6.10 Å². The second-order valence-electron chi connectivity index (χ2n) is 4.94. The van der Waals surface area contributed by atoms with Crippen molar-refractivity contribution in [2.45, 2.75) is 44.8 Å². The van der Waals surface area contributed by atoms with E-state index in [4.69, 9.17) is 9.47 Å². The van der Waals surface area contributed by atoms with Crippen molar-refractivity contribution in [3.05, 3.63) is 0 Å². The molecule has 0 aromatic carbocycles. The van der Waals surface area contributed by atoms with Gasteiger partial charge >= 0.3 is 0 Å². The summed E-state index contributed by atoms with van der Waals surface area (Å²) in [5.41, 5.74) is 0. The zero-order chi connectivity index (χ0) is 10.5. The molecule has 1 aliphatic heterocycles. The Balaban J connectivity index is 1.63. The van der Waals surface area contributed by atoms with Gasteiger partial charge in [-0.05, 0) is 18.8 Å². The highest BCUT2D eigenvalue weighted by molar-refractivity contribution is 4.77. The molecule has 0 bridgehead atoms. The molecule has 0 amide bonds. The van der Waals surface area contributed by atoms with Crippen LogP contribution in [0.5, 0.6) is 0 Å². The average Bonchev–Trinajstić information content (AvgIpc) is 2.28. The second-order valence-corrected chi connectivity index (χ2v) is 4.94. The highest BCUT2D eigenvalue weighted by atomic mass is 16.6. The van der Waals surface area contributed by atoms with E-state index < -0.39 is 0 Å². The molecular weight excluding hydrogens is 190 g/mol. The van der Waals surface area contributed by atoms with Crippen LogP contribution in [0.3, 0.4) is 0 Å². The van der Waals surface area contributed by atoms with Crippen LogP contribution in [0.25, 0.3) is 0 Å². The fraction of sp³-hybridized carbons (Fsp3) is 1.00. The standard InChI is InChI=1S/C12H23NO2/c1-10-3-2-4-11(7-10)13-8-12-9-14-5-6-15-12/h10-13H,2-9H2,1H3. The summed E-state index contributed by atoms with van der Waals surface area (Å²) in [5.74, 6) is 0.889. The maximum absolute atomic E-state index is 5.61. The number of rotatable bonds is 3. The van der Waals surface area contributed by atoms with Crippen LogP contribution in [0.15, 0.2) is 0 Å². The summed E-state index contributed by atoms with van der Waals surface area (Å²) < 4.78 is 11.0. The van der Waals surface area contributed by atoms with E-state index >= 15 is 0 Å². The Bertz CT molecular complexity index is 180. The van der Waals surface area contributed by atoms with Crippen LogP contribution in [-0.4, -0.2) is 38.5 Å². The Kier molecular flexibility index (Phi) is 4.42. The van der Waals surface area contributed by atoms with Crippen molar-refractivity contribution in [2.75, 3.05) is 26.4 Å². The van der Waals surface area contributed by atoms with Crippen molar-refractivity contribution in [3.63, 3.8) is 0 Å². The summed E-state index contributed by atoms with van der Waals surface area (Å²) >= 11 is 0. The molecule has 2 fully saturated rings. The van der Waals surface area contributed by atoms with Gasteiger partial charge in [0.15, 0.2) is 0 Å². The van der Waals surface area contributed by atoms with Gasteiger partial charge in [-0.15, -0.1) is 0 Å². The lowest BCUT2D eigenvalue weighted by Gasteiger charge is -2.30. The molecule has 1 saturated heterocycles. The minimum Gasteiger partial charge on any atom is -0.376 e. The van der Waals surface area contributed by atoms with Gasteiger partial charge in [0.25, 0.3) is 0 Å². The first-order valence-electron chi connectivity index (χ1n) is 6.27. The maximum atomic E-state index is 5.61. The van der Waals surface area contributed by atoms with Crippen LogP contribution >= 0.6 is 0 Å². The van der Waals surface area contributed by atoms with Crippen molar-refractivity contribution in [1.82, 2.24) is 5.32 Å². The molecular formula is C12H23NO2. The zero-order valence-electron chi connectivity index (χ0n) is 9.71. The Hall–Kier alpha value is -0.120. The lowest BCUT2D eigenvalue weighted by Crippen LogP contribution is -2.42. The lowest BCUT2D eigenvalue weighted by molar-refractivity contribution is -0.0874. The fourth-order valence-electron chi connectivity index (χ4n) is 2.57. The summed E-state index contributed by atoms with van der Waals surface area (Å²) in [6.45, 7) is 5.59. The molecule has 88 valence electrons. The fourth-order valence-corrected chi connectivity index (χ4v) is 2.57. The van der Waals surface area contributed by atoms with E-state index in [1.54, 1.807) is 0 Å². The van der Waals surface area contributed by atoms with Gasteiger partial charge in [-0.2, -0.15) is 0 Å². The first-order chi connectivity index (χ1) is 7.34. The van der Waals surface area contributed by atoms with Crippen LogP contribution in [-0.2, 0) is 9.47 Å². The minimum atomic E-state index is 0.274. The van der Waals surface area contributed by atoms with Gasteiger partial charge in [0, 0.05) is 12.6 Å². The Labute approximate surface area is 92.5 Å². The topological polar surface area (TPSA) is 30.5 Å². The molecule has 3 atom stereocenters. The van der Waals surface area contributed by atoms with Crippen LogP contribution in [0.2, 0.25) is 0 Å².